The van der Waals surface area contributed by atoms with E-state index in [1.54, 1.807) is 24.3 Å². The third-order valence-corrected chi connectivity index (χ3v) is 7.98. The van der Waals surface area contributed by atoms with Crippen molar-refractivity contribution in [3.05, 3.63) is 94.2 Å². The maximum absolute atomic E-state index is 14.5. The van der Waals surface area contributed by atoms with E-state index in [-0.39, 0.29) is 32.7 Å². The van der Waals surface area contributed by atoms with Gasteiger partial charge in [0, 0.05) is 28.7 Å². The molecule has 0 aromatic heterocycles. The molecule has 1 N–H and O–H groups in total. The summed E-state index contributed by atoms with van der Waals surface area (Å²) >= 11 is 12.3. The molecule has 0 saturated heterocycles. The molecule has 0 fully saturated rings. The van der Waals surface area contributed by atoms with Crippen LogP contribution in [0, 0.1) is 5.82 Å². The SMILES string of the molecule is CCCNC(=O)C(C)N(Cc1ccccc1F)C(=O)CN(c1cc(Cl)cc(Cl)c1)S(=O)(=O)c1ccccc1. The molecule has 1 unspecified atom stereocenters. The van der Waals surface area contributed by atoms with E-state index in [0.717, 1.165) is 9.21 Å². The van der Waals surface area contributed by atoms with Crippen LogP contribution in [0.25, 0.3) is 0 Å². The van der Waals surface area contributed by atoms with Crippen molar-refractivity contribution in [2.24, 2.45) is 0 Å². The molecular weight excluding hydrogens is 552 g/mol. The topological polar surface area (TPSA) is 86.8 Å². The van der Waals surface area contributed by atoms with Gasteiger partial charge in [0.2, 0.25) is 11.8 Å². The van der Waals surface area contributed by atoms with Crippen molar-refractivity contribution in [1.29, 1.82) is 0 Å². The monoisotopic (exact) mass is 579 g/mol. The lowest BCUT2D eigenvalue weighted by molar-refractivity contribution is -0.139. The summed E-state index contributed by atoms with van der Waals surface area (Å²) in [5.41, 5.74) is 0.243. The maximum atomic E-state index is 14.5. The van der Waals surface area contributed by atoms with E-state index < -0.39 is 40.2 Å². The number of hydrogen-bond donors (Lipinski definition) is 1. The van der Waals surface area contributed by atoms with Crippen molar-refractivity contribution in [3.63, 3.8) is 0 Å². The predicted octanol–water partition coefficient (Wildman–Crippen LogP) is 5.27. The minimum Gasteiger partial charge on any atom is -0.354 e. The minimum atomic E-state index is -4.26. The van der Waals surface area contributed by atoms with Gasteiger partial charge in [0.15, 0.2) is 0 Å². The lowest BCUT2D eigenvalue weighted by atomic mass is 10.1. The summed E-state index contributed by atoms with van der Waals surface area (Å²) in [5, 5.41) is 3.07. The Balaban J connectivity index is 2.05. The van der Waals surface area contributed by atoms with E-state index in [9.17, 15) is 22.4 Å². The van der Waals surface area contributed by atoms with Crippen LogP contribution in [-0.2, 0) is 26.2 Å². The quantitative estimate of drug-likeness (QED) is 0.335. The number of halogens is 3. The fourth-order valence-corrected chi connectivity index (χ4v) is 5.65. The third kappa shape index (κ3) is 7.24. The third-order valence-electron chi connectivity index (χ3n) is 5.76. The minimum absolute atomic E-state index is 0.0571. The first-order valence-corrected chi connectivity index (χ1v) is 14.1. The Kier molecular flexibility index (Phi) is 10.1. The summed E-state index contributed by atoms with van der Waals surface area (Å²) in [4.78, 5) is 27.7. The molecule has 202 valence electrons. The molecule has 2 amide bonds. The molecule has 0 radical (unpaired) electrons. The Hall–Kier alpha value is -3.14. The Morgan fingerprint density at radius 2 is 1.58 bits per heavy atom. The van der Waals surface area contributed by atoms with Crippen LogP contribution in [0.3, 0.4) is 0 Å². The lowest BCUT2D eigenvalue weighted by Gasteiger charge is -2.32. The van der Waals surface area contributed by atoms with Gasteiger partial charge in [-0.1, -0.05) is 66.5 Å². The highest BCUT2D eigenvalue weighted by Crippen LogP contribution is 2.30. The number of benzene rings is 3. The summed E-state index contributed by atoms with van der Waals surface area (Å²) < 4.78 is 42.8. The van der Waals surface area contributed by atoms with Gasteiger partial charge < -0.3 is 10.2 Å². The molecule has 0 aliphatic heterocycles. The standard InChI is InChI=1S/C27H28Cl2FN3O4S/c1-3-13-31-27(35)19(2)32(17-20-9-7-8-12-25(20)30)26(34)18-33(23-15-21(28)14-22(29)16-23)38(36,37)24-10-5-4-6-11-24/h4-12,14-16,19H,3,13,17-18H2,1-2H3,(H,31,35). The second-order valence-electron chi connectivity index (χ2n) is 8.53. The second-order valence-corrected chi connectivity index (χ2v) is 11.3. The maximum Gasteiger partial charge on any atom is 0.264 e. The molecule has 0 aliphatic rings. The molecule has 11 heteroatoms. The van der Waals surface area contributed by atoms with Crippen molar-refractivity contribution in [2.75, 3.05) is 17.4 Å². The summed E-state index contributed by atoms with van der Waals surface area (Å²) in [6, 6.07) is 16.6. The van der Waals surface area contributed by atoms with Crippen molar-refractivity contribution in [2.45, 2.75) is 37.8 Å². The Bertz CT molecular complexity index is 1370. The van der Waals surface area contributed by atoms with E-state index in [1.807, 2.05) is 6.92 Å². The Morgan fingerprint density at radius 3 is 2.18 bits per heavy atom. The van der Waals surface area contributed by atoms with Gasteiger partial charge in [-0.2, -0.15) is 0 Å². The zero-order chi connectivity index (χ0) is 27.9. The zero-order valence-corrected chi connectivity index (χ0v) is 23.2. The first-order valence-electron chi connectivity index (χ1n) is 11.9. The zero-order valence-electron chi connectivity index (χ0n) is 20.9. The van der Waals surface area contributed by atoms with Crippen LogP contribution in [0.15, 0.2) is 77.7 Å². The molecule has 0 heterocycles. The highest BCUT2D eigenvalue weighted by Gasteiger charge is 2.33. The van der Waals surface area contributed by atoms with Crippen LogP contribution >= 0.6 is 23.2 Å². The van der Waals surface area contributed by atoms with Gasteiger partial charge in [0.05, 0.1) is 10.6 Å². The van der Waals surface area contributed by atoms with Crippen LogP contribution in [-0.4, -0.2) is 44.3 Å². The van der Waals surface area contributed by atoms with Crippen molar-refractivity contribution in [1.82, 2.24) is 10.2 Å². The summed E-state index contributed by atoms with van der Waals surface area (Å²) in [6.07, 6.45) is 0.679. The molecule has 0 spiro atoms. The summed E-state index contributed by atoms with van der Waals surface area (Å²) in [6.45, 7) is 2.85. The van der Waals surface area contributed by atoms with E-state index in [2.05, 4.69) is 5.32 Å². The number of nitrogens with zero attached hydrogens (tertiary/aromatic N) is 2. The van der Waals surface area contributed by atoms with E-state index in [1.165, 1.54) is 55.5 Å². The lowest BCUT2D eigenvalue weighted by Crippen LogP contribution is -2.51. The molecule has 1 atom stereocenters. The summed E-state index contributed by atoms with van der Waals surface area (Å²) in [7, 11) is -4.26. The van der Waals surface area contributed by atoms with E-state index >= 15 is 0 Å². The smallest absolute Gasteiger partial charge is 0.264 e. The molecule has 0 saturated carbocycles. The van der Waals surface area contributed by atoms with Crippen LogP contribution in [0.1, 0.15) is 25.8 Å². The predicted molar refractivity (Wildman–Crippen MR) is 147 cm³/mol. The first kappa shape index (κ1) is 29.4. The number of sulfonamides is 1. The molecule has 3 rings (SSSR count). The number of hydrogen-bond acceptors (Lipinski definition) is 4. The first-order chi connectivity index (χ1) is 18.0. The molecular formula is C27H28Cl2FN3O4S. The van der Waals surface area contributed by atoms with Gasteiger partial charge in [-0.3, -0.25) is 13.9 Å². The number of rotatable bonds is 11. The number of carbonyl (C=O) groups is 2. The average molecular weight is 581 g/mol. The van der Waals surface area contributed by atoms with Crippen LogP contribution in [0.5, 0.6) is 0 Å². The molecule has 7 nitrogen and oxygen atoms in total. The molecule has 38 heavy (non-hydrogen) atoms. The normalized spacial score (nSPS) is 12.0. The molecule has 3 aromatic rings. The largest absolute Gasteiger partial charge is 0.354 e. The van der Waals surface area contributed by atoms with Crippen molar-refractivity contribution < 1.29 is 22.4 Å². The van der Waals surface area contributed by atoms with Gasteiger partial charge in [-0.05, 0) is 49.7 Å². The van der Waals surface area contributed by atoms with Gasteiger partial charge in [0.25, 0.3) is 10.0 Å². The summed E-state index contributed by atoms with van der Waals surface area (Å²) in [5.74, 6) is -1.72. The second kappa shape index (κ2) is 13.1. The Morgan fingerprint density at radius 1 is 0.974 bits per heavy atom. The van der Waals surface area contributed by atoms with Crippen LogP contribution in [0.2, 0.25) is 10.0 Å². The van der Waals surface area contributed by atoms with Crippen LogP contribution in [0.4, 0.5) is 10.1 Å². The molecule has 0 bridgehead atoms. The van der Waals surface area contributed by atoms with Crippen molar-refractivity contribution in [3.8, 4) is 0 Å². The number of nitrogens with one attached hydrogen (secondary N) is 1. The Labute approximate surface area is 232 Å². The van der Waals surface area contributed by atoms with Gasteiger partial charge in [0.1, 0.15) is 18.4 Å². The van der Waals surface area contributed by atoms with Gasteiger partial charge in [-0.25, -0.2) is 12.8 Å². The van der Waals surface area contributed by atoms with Crippen LogP contribution < -0.4 is 9.62 Å². The number of amides is 2. The number of carbonyl (C=O) groups excluding carboxylic acids is 2. The fourth-order valence-electron chi connectivity index (χ4n) is 3.72. The molecule has 0 aliphatic carbocycles. The number of anilines is 1. The average Bonchev–Trinajstić information content (AvgIpc) is 2.89. The van der Waals surface area contributed by atoms with E-state index in [0.29, 0.717) is 13.0 Å². The van der Waals surface area contributed by atoms with Gasteiger partial charge >= 0.3 is 0 Å². The highest BCUT2D eigenvalue weighted by atomic mass is 35.5. The van der Waals surface area contributed by atoms with Crippen molar-refractivity contribution >= 4 is 50.7 Å². The molecule has 3 aromatic carbocycles. The highest BCUT2D eigenvalue weighted by molar-refractivity contribution is 7.92. The van der Waals surface area contributed by atoms with Gasteiger partial charge in [-0.15, -0.1) is 0 Å². The van der Waals surface area contributed by atoms with E-state index in [4.69, 9.17) is 23.2 Å². The fraction of sp³-hybridized carbons (Fsp3) is 0.259.